The number of nitrogens with one attached hydrogen (secondary N) is 1. The van der Waals surface area contributed by atoms with E-state index in [2.05, 4.69) is 50.4 Å². The summed E-state index contributed by atoms with van der Waals surface area (Å²) in [5.41, 5.74) is 2.64. The van der Waals surface area contributed by atoms with Gasteiger partial charge in [-0.2, -0.15) is 0 Å². The van der Waals surface area contributed by atoms with Crippen molar-refractivity contribution in [3.63, 3.8) is 0 Å². The van der Waals surface area contributed by atoms with Gasteiger partial charge in [-0.25, -0.2) is 4.98 Å². The van der Waals surface area contributed by atoms with Crippen molar-refractivity contribution in [3.05, 3.63) is 72.4 Å². The average Bonchev–Trinajstić information content (AvgIpc) is 2.77. The highest BCUT2D eigenvalue weighted by atomic mass is 16.1. The van der Waals surface area contributed by atoms with Crippen LogP contribution in [0.3, 0.4) is 0 Å². The van der Waals surface area contributed by atoms with Gasteiger partial charge in [0, 0.05) is 43.8 Å². The predicted molar refractivity (Wildman–Crippen MR) is 114 cm³/mol. The van der Waals surface area contributed by atoms with Crippen molar-refractivity contribution >= 4 is 22.5 Å². The molecule has 3 aromatic rings. The van der Waals surface area contributed by atoms with Crippen LogP contribution in [0.2, 0.25) is 0 Å². The van der Waals surface area contributed by atoms with Crippen LogP contribution in [0, 0.1) is 0 Å². The second-order valence-electron chi connectivity index (χ2n) is 7.16. The van der Waals surface area contributed by atoms with Crippen molar-refractivity contribution in [2.24, 2.45) is 0 Å². The van der Waals surface area contributed by atoms with Crippen LogP contribution >= 0.6 is 0 Å². The average molecular weight is 374 g/mol. The summed E-state index contributed by atoms with van der Waals surface area (Å²) in [6.07, 6.45) is 0.949. The fraction of sp³-hybridized carbons (Fsp3) is 0.304. The van der Waals surface area contributed by atoms with E-state index in [-0.39, 0.29) is 5.91 Å². The molecule has 1 saturated heterocycles. The van der Waals surface area contributed by atoms with Gasteiger partial charge in [0.2, 0.25) is 0 Å². The number of amides is 1. The summed E-state index contributed by atoms with van der Waals surface area (Å²) in [6, 6.07) is 22.2. The summed E-state index contributed by atoms with van der Waals surface area (Å²) in [4.78, 5) is 21.7. The van der Waals surface area contributed by atoms with Gasteiger partial charge in [0.1, 0.15) is 5.69 Å². The Labute approximate surface area is 166 Å². The number of aromatic nitrogens is 1. The Morgan fingerprint density at radius 3 is 2.46 bits per heavy atom. The van der Waals surface area contributed by atoms with Gasteiger partial charge < -0.3 is 10.2 Å². The van der Waals surface area contributed by atoms with E-state index in [0.29, 0.717) is 12.2 Å². The Morgan fingerprint density at radius 2 is 1.64 bits per heavy atom. The normalized spacial score (nSPS) is 14.9. The van der Waals surface area contributed by atoms with E-state index in [1.807, 2.05) is 30.3 Å². The van der Waals surface area contributed by atoms with Crippen LogP contribution in [0.1, 0.15) is 16.9 Å². The fourth-order valence-corrected chi connectivity index (χ4v) is 3.66. The zero-order chi connectivity index (χ0) is 19.2. The van der Waals surface area contributed by atoms with Gasteiger partial charge in [-0.15, -0.1) is 0 Å². The minimum absolute atomic E-state index is 0.0975. The number of benzene rings is 2. The van der Waals surface area contributed by atoms with Crippen molar-refractivity contribution in [2.75, 3.05) is 44.2 Å². The Bertz CT molecular complexity index is 920. The van der Waals surface area contributed by atoms with Crippen LogP contribution in [0.5, 0.6) is 0 Å². The van der Waals surface area contributed by atoms with Crippen LogP contribution in [0.25, 0.3) is 10.9 Å². The molecule has 1 fully saturated rings. The summed E-state index contributed by atoms with van der Waals surface area (Å²) in [5, 5.41) is 4.05. The lowest BCUT2D eigenvalue weighted by atomic mass is 10.2. The minimum Gasteiger partial charge on any atom is -0.369 e. The van der Waals surface area contributed by atoms with E-state index < -0.39 is 0 Å². The molecule has 5 nitrogen and oxygen atoms in total. The van der Waals surface area contributed by atoms with E-state index in [4.69, 9.17) is 0 Å². The van der Waals surface area contributed by atoms with Crippen LogP contribution in [-0.2, 0) is 0 Å². The third-order valence-electron chi connectivity index (χ3n) is 5.26. The molecule has 2 heterocycles. The number of carbonyl (C=O) groups is 1. The molecule has 5 heteroatoms. The van der Waals surface area contributed by atoms with Crippen molar-refractivity contribution < 1.29 is 4.79 Å². The van der Waals surface area contributed by atoms with Crippen molar-refractivity contribution in [3.8, 4) is 0 Å². The fourth-order valence-electron chi connectivity index (χ4n) is 3.66. The number of hydrogen-bond donors (Lipinski definition) is 1. The Hall–Kier alpha value is -2.92. The molecule has 1 aliphatic rings. The molecule has 4 rings (SSSR count). The van der Waals surface area contributed by atoms with Gasteiger partial charge in [0.25, 0.3) is 5.91 Å². The summed E-state index contributed by atoms with van der Waals surface area (Å²) in [5.74, 6) is -0.0975. The molecular weight excluding hydrogens is 348 g/mol. The zero-order valence-corrected chi connectivity index (χ0v) is 16.1. The van der Waals surface area contributed by atoms with Gasteiger partial charge in [-0.3, -0.25) is 9.69 Å². The first-order valence-electron chi connectivity index (χ1n) is 9.96. The number of anilines is 1. The monoisotopic (exact) mass is 374 g/mol. The van der Waals surface area contributed by atoms with E-state index >= 15 is 0 Å². The summed E-state index contributed by atoms with van der Waals surface area (Å²) < 4.78 is 0. The number of piperazine rings is 1. The first-order valence-corrected chi connectivity index (χ1v) is 9.96. The zero-order valence-electron chi connectivity index (χ0n) is 16.1. The van der Waals surface area contributed by atoms with Crippen LogP contribution < -0.4 is 10.2 Å². The topological polar surface area (TPSA) is 48.5 Å². The number of rotatable bonds is 6. The quantitative estimate of drug-likeness (QED) is 0.674. The number of hydrogen-bond acceptors (Lipinski definition) is 4. The smallest absolute Gasteiger partial charge is 0.269 e. The molecule has 1 N–H and O–H groups in total. The molecule has 144 valence electrons. The molecule has 1 amide bonds. The molecule has 0 unspecified atom stereocenters. The Balaban J connectivity index is 1.19. The SMILES string of the molecule is O=C(NCCCN1CCN(c2ccccc2)CC1)c1ccc2ccccc2n1. The second-order valence-corrected chi connectivity index (χ2v) is 7.16. The molecule has 0 spiro atoms. The summed E-state index contributed by atoms with van der Waals surface area (Å²) in [7, 11) is 0. The van der Waals surface area contributed by atoms with Gasteiger partial charge >= 0.3 is 0 Å². The molecule has 0 bridgehead atoms. The maximum Gasteiger partial charge on any atom is 0.269 e. The van der Waals surface area contributed by atoms with E-state index in [0.717, 1.165) is 50.0 Å². The highest BCUT2D eigenvalue weighted by Gasteiger charge is 2.16. The number of fused-ring (bicyclic) bond motifs is 1. The molecule has 2 aromatic carbocycles. The standard InChI is InChI=1S/C23H26N4O/c28-23(22-12-11-19-7-4-5-10-21(19)25-22)24-13-6-14-26-15-17-27(18-16-26)20-8-2-1-3-9-20/h1-5,7-12H,6,13-18H2,(H,24,28). The molecule has 1 aliphatic heterocycles. The van der Waals surface area contributed by atoms with E-state index in [1.165, 1.54) is 5.69 Å². The first kappa shape index (κ1) is 18.4. The Morgan fingerprint density at radius 1 is 0.893 bits per heavy atom. The summed E-state index contributed by atoms with van der Waals surface area (Å²) >= 11 is 0. The maximum atomic E-state index is 12.3. The third-order valence-corrected chi connectivity index (χ3v) is 5.26. The highest BCUT2D eigenvalue weighted by molar-refractivity contribution is 5.94. The van der Waals surface area contributed by atoms with Crippen molar-refractivity contribution in [1.29, 1.82) is 0 Å². The second kappa shape index (κ2) is 8.85. The van der Waals surface area contributed by atoms with Crippen molar-refractivity contribution in [2.45, 2.75) is 6.42 Å². The lowest BCUT2D eigenvalue weighted by Crippen LogP contribution is -2.47. The van der Waals surface area contributed by atoms with Crippen molar-refractivity contribution in [1.82, 2.24) is 15.2 Å². The predicted octanol–water partition coefficient (Wildman–Crippen LogP) is 3.18. The summed E-state index contributed by atoms with van der Waals surface area (Å²) in [6.45, 7) is 5.92. The maximum absolute atomic E-state index is 12.3. The molecule has 0 radical (unpaired) electrons. The highest BCUT2D eigenvalue weighted by Crippen LogP contribution is 2.15. The van der Waals surface area contributed by atoms with Crippen LogP contribution in [0.15, 0.2) is 66.7 Å². The molecule has 0 aliphatic carbocycles. The van der Waals surface area contributed by atoms with Crippen LogP contribution in [-0.4, -0.2) is 55.1 Å². The van der Waals surface area contributed by atoms with Gasteiger partial charge in [-0.05, 0) is 37.2 Å². The number of carbonyl (C=O) groups excluding carboxylic acids is 1. The number of nitrogens with zero attached hydrogens (tertiary/aromatic N) is 3. The van der Waals surface area contributed by atoms with E-state index in [9.17, 15) is 4.79 Å². The molecular formula is C23H26N4O. The van der Waals surface area contributed by atoms with Gasteiger partial charge in [0.15, 0.2) is 0 Å². The third kappa shape index (κ3) is 4.49. The first-order chi connectivity index (χ1) is 13.8. The largest absolute Gasteiger partial charge is 0.369 e. The molecule has 1 aromatic heterocycles. The Kier molecular flexibility index (Phi) is 5.83. The van der Waals surface area contributed by atoms with E-state index in [1.54, 1.807) is 6.07 Å². The lowest BCUT2D eigenvalue weighted by molar-refractivity contribution is 0.0947. The van der Waals surface area contributed by atoms with Gasteiger partial charge in [0.05, 0.1) is 5.52 Å². The lowest BCUT2D eigenvalue weighted by Gasteiger charge is -2.36. The molecule has 0 saturated carbocycles. The minimum atomic E-state index is -0.0975. The molecule has 28 heavy (non-hydrogen) atoms. The van der Waals surface area contributed by atoms with Gasteiger partial charge in [-0.1, -0.05) is 42.5 Å². The number of para-hydroxylation sites is 2. The molecule has 0 atom stereocenters. The van der Waals surface area contributed by atoms with Crippen LogP contribution in [0.4, 0.5) is 5.69 Å². The number of pyridine rings is 1.